The molecule has 0 aliphatic carbocycles. The first kappa shape index (κ1) is 12.0. The van der Waals surface area contributed by atoms with Gasteiger partial charge in [0, 0.05) is 6.61 Å². The van der Waals surface area contributed by atoms with E-state index >= 15 is 0 Å². The quantitative estimate of drug-likeness (QED) is 0.717. The molecule has 0 aromatic carbocycles. The van der Waals surface area contributed by atoms with Crippen molar-refractivity contribution < 1.29 is 19.4 Å². The van der Waals surface area contributed by atoms with Crippen LogP contribution < -0.4 is 5.32 Å². The first-order valence-electron chi connectivity index (χ1n) is 5.30. The van der Waals surface area contributed by atoms with Crippen molar-refractivity contribution >= 4 is 11.9 Å². The lowest BCUT2D eigenvalue weighted by Gasteiger charge is -2.23. The van der Waals surface area contributed by atoms with Crippen molar-refractivity contribution in [3.8, 4) is 0 Å². The molecule has 5 heteroatoms. The Hall–Kier alpha value is -1.10. The van der Waals surface area contributed by atoms with Crippen LogP contribution in [-0.2, 0) is 14.3 Å². The normalized spacial score (nSPS) is 23.1. The lowest BCUT2D eigenvalue weighted by atomic mass is 10.1. The largest absolute Gasteiger partial charge is 0.480 e. The third-order valence-corrected chi connectivity index (χ3v) is 2.49. The van der Waals surface area contributed by atoms with Gasteiger partial charge in [-0.25, -0.2) is 4.79 Å². The van der Waals surface area contributed by atoms with E-state index in [0.29, 0.717) is 19.4 Å². The summed E-state index contributed by atoms with van der Waals surface area (Å²) in [5.41, 5.74) is 0. The van der Waals surface area contributed by atoms with Crippen LogP contribution in [0.15, 0.2) is 0 Å². The van der Waals surface area contributed by atoms with Crippen LogP contribution in [0, 0.1) is 0 Å². The molecule has 2 N–H and O–H groups in total. The Morgan fingerprint density at radius 3 is 2.73 bits per heavy atom. The maximum atomic E-state index is 11.6. The second kappa shape index (κ2) is 5.70. The van der Waals surface area contributed by atoms with E-state index in [9.17, 15) is 9.59 Å². The summed E-state index contributed by atoms with van der Waals surface area (Å²) in [5.74, 6) is -1.30. The lowest BCUT2D eigenvalue weighted by Crippen LogP contribution is -2.46. The summed E-state index contributed by atoms with van der Waals surface area (Å²) in [5, 5.41) is 11.2. The second-order valence-corrected chi connectivity index (χ2v) is 3.66. The molecule has 0 bridgehead atoms. The molecule has 0 aromatic rings. The van der Waals surface area contributed by atoms with Gasteiger partial charge in [0.05, 0.1) is 0 Å². The third-order valence-electron chi connectivity index (χ3n) is 2.49. The van der Waals surface area contributed by atoms with Gasteiger partial charge in [0.1, 0.15) is 12.1 Å². The van der Waals surface area contributed by atoms with E-state index in [1.807, 2.05) is 0 Å². The Kier molecular flexibility index (Phi) is 4.55. The average Bonchev–Trinajstić information content (AvgIpc) is 2.26. The highest BCUT2D eigenvalue weighted by Crippen LogP contribution is 2.12. The van der Waals surface area contributed by atoms with Crippen LogP contribution in [0.25, 0.3) is 0 Å². The Morgan fingerprint density at radius 1 is 1.53 bits per heavy atom. The van der Waals surface area contributed by atoms with E-state index in [1.165, 1.54) is 0 Å². The van der Waals surface area contributed by atoms with Crippen LogP contribution in [0.5, 0.6) is 0 Å². The number of amides is 1. The Morgan fingerprint density at radius 2 is 2.27 bits per heavy atom. The summed E-state index contributed by atoms with van der Waals surface area (Å²) in [6, 6.07) is -0.803. The Labute approximate surface area is 88.8 Å². The molecular formula is C10H17NO4. The van der Waals surface area contributed by atoms with E-state index in [1.54, 1.807) is 6.92 Å². The summed E-state index contributed by atoms with van der Waals surface area (Å²) < 4.78 is 5.26. The Bertz CT molecular complexity index is 236. The molecule has 1 aliphatic rings. The topological polar surface area (TPSA) is 75.6 Å². The van der Waals surface area contributed by atoms with Crippen molar-refractivity contribution in [1.82, 2.24) is 5.32 Å². The highest BCUT2D eigenvalue weighted by atomic mass is 16.5. The van der Waals surface area contributed by atoms with Gasteiger partial charge in [-0.1, -0.05) is 6.92 Å². The predicted molar refractivity (Wildman–Crippen MR) is 53.4 cm³/mol. The minimum Gasteiger partial charge on any atom is -0.480 e. The van der Waals surface area contributed by atoms with Gasteiger partial charge in [-0.3, -0.25) is 4.79 Å². The van der Waals surface area contributed by atoms with Crippen molar-refractivity contribution in [2.75, 3.05) is 6.61 Å². The molecule has 1 saturated heterocycles. The molecule has 1 amide bonds. The monoisotopic (exact) mass is 215 g/mol. The number of hydrogen-bond donors (Lipinski definition) is 2. The van der Waals surface area contributed by atoms with Crippen LogP contribution in [0.4, 0.5) is 0 Å². The minimum absolute atomic E-state index is 0.302. The highest BCUT2D eigenvalue weighted by Gasteiger charge is 2.25. The van der Waals surface area contributed by atoms with E-state index < -0.39 is 18.1 Å². The molecule has 1 fully saturated rings. The molecule has 0 spiro atoms. The number of carbonyl (C=O) groups is 2. The summed E-state index contributed by atoms with van der Waals surface area (Å²) in [6.45, 7) is 2.31. The van der Waals surface area contributed by atoms with Crippen molar-refractivity contribution in [1.29, 1.82) is 0 Å². The SMILES string of the molecule is CC[C@@H](NC(=O)C1CCCCO1)C(=O)O. The number of carboxylic acid groups (broad SMARTS) is 1. The molecule has 1 heterocycles. The zero-order valence-corrected chi connectivity index (χ0v) is 8.86. The molecule has 1 aliphatic heterocycles. The number of carbonyl (C=O) groups excluding carboxylic acids is 1. The molecule has 5 nitrogen and oxygen atoms in total. The van der Waals surface area contributed by atoms with E-state index in [-0.39, 0.29) is 5.91 Å². The van der Waals surface area contributed by atoms with Crippen LogP contribution in [0.1, 0.15) is 32.6 Å². The lowest BCUT2D eigenvalue weighted by molar-refractivity contribution is -0.145. The van der Waals surface area contributed by atoms with Gasteiger partial charge < -0.3 is 15.2 Å². The number of ether oxygens (including phenoxy) is 1. The minimum atomic E-state index is -0.998. The van der Waals surface area contributed by atoms with Crippen molar-refractivity contribution in [2.24, 2.45) is 0 Å². The van der Waals surface area contributed by atoms with Crippen molar-refractivity contribution in [2.45, 2.75) is 44.8 Å². The smallest absolute Gasteiger partial charge is 0.326 e. The highest BCUT2D eigenvalue weighted by molar-refractivity contribution is 5.86. The summed E-state index contributed by atoms with van der Waals surface area (Å²) in [4.78, 5) is 22.3. The van der Waals surface area contributed by atoms with E-state index in [0.717, 1.165) is 12.8 Å². The average molecular weight is 215 g/mol. The van der Waals surface area contributed by atoms with E-state index in [4.69, 9.17) is 9.84 Å². The zero-order valence-electron chi connectivity index (χ0n) is 8.86. The van der Waals surface area contributed by atoms with E-state index in [2.05, 4.69) is 5.32 Å². The number of aliphatic carboxylic acids is 1. The predicted octanol–water partition coefficient (Wildman–Crippen LogP) is 0.535. The molecule has 0 saturated carbocycles. The fourth-order valence-corrected chi connectivity index (χ4v) is 1.55. The van der Waals surface area contributed by atoms with Gasteiger partial charge in [0.25, 0.3) is 0 Å². The molecule has 15 heavy (non-hydrogen) atoms. The van der Waals surface area contributed by atoms with Gasteiger partial charge in [0.15, 0.2) is 0 Å². The fourth-order valence-electron chi connectivity index (χ4n) is 1.55. The first-order chi connectivity index (χ1) is 7.15. The zero-order chi connectivity index (χ0) is 11.3. The molecule has 2 atom stereocenters. The number of carboxylic acids is 1. The maximum absolute atomic E-state index is 11.6. The molecule has 1 rings (SSSR count). The van der Waals surface area contributed by atoms with Gasteiger partial charge in [-0.2, -0.15) is 0 Å². The van der Waals surface area contributed by atoms with Crippen molar-refractivity contribution in [3.63, 3.8) is 0 Å². The fraction of sp³-hybridized carbons (Fsp3) is 0.800. The van der Waals surface area contributed by atoms with Gasteiger partial charge in [-0.15, -0.1) is 0 Å². The molecule has 0 radical (unpaired) electrons. The number of hydrogen-bond acceptors (Lipinski definition) is 3. The third kappa shape index (κ3) is 3.51. The van der Waals surface area contributed by atoms with Crippen LogP contribution in [0.3, 0.4) is 0 Å². The number of nitrogens with one attached hydrogen (secondary N) is 1. The summed E-state index contributed by atoms with van der Waals surface area (Å²) in [6.07, 6.45) is 2.53. The summed E-state index contributed by atoms with van der Waals surface area (Å²) >= 11 is 0. The first-order valence-corrected chi connectivity index (χ1v) is 5.30. The van der Waals surface area contributed by atoms with Crippen LogP contribution >= 0.6 is 0 Å². The molecular weight excluding hydrogens is 198 g/mol. The maximum Gasteiger partial charge on any atom is 0.326 e. The van der Waals surface area contributed by atoms with Gasteiger partial charge in [0.2, 0.25) is 5.91 Å². The molecule has 1 unspecified atom stereocenters. The standard InChI is InChI=1S/C10H17NO4/c1-2-7(10(13)14)11-9(12)8-5-3-4-6-15-8/h7-8H,2-6H2,1H3,(H,11,12)(H,13,14)/t7-,8?/m1/s1. The molecule has 0 aromatic heterocycles. The molecule has 86 valence electrons. The Balaban J connectivity index is 2.42. The van der Waals surface area contributed by atoms with Crippen molar-refractivity contribution in [3.05, 3.63) is 0 Å². The van der Waals surface area contributed by atoms with Crippen LogP contribution in [-0.4, -0.2) is 35.7 Å². The second-order valence-electron chi connectivity index (χ2n) is 3.66. The van der Waals surface area contributed by atoms with Gasteiger partial charge in [-0.05, 0) is 25.7 Å². The summed E-state index contributed by atoms with van der Waals surface area (Å²) in [7, 11) is 0. The van der Waals surface area contributed by atoms with Gasteiger partial charge >= 0.3 is 5.97 Å². The van der Waals surface area contributed by atoms with Crippen LogP contribution in [0.2, 0.25) is 0 Å². The number of rotatable bonds is 4.